The average Bonchev–Trinajstić information content (AvgIpc) is 3.00. The third-order valence-corrected chi connectivity index (χ3v) is 4.58. The first-order valence-electron chi connectivity index (χ1n) is 7.96. The van der Waals surface area contributed by atoms with Crippen LogP contribution >= 0.6 is 11.6 Å². The van der Waals surface area contributed by atoms with E-state index in [-0.39, 0.29) is 12.5 Å². The molecule has 1 aliphatic heterocycles. The normalized spacial score (nSPS) is 15.2. The van der Waals surface area contributed by atoms with Gasteiger partial charge in [-0.1, -0.05) is 28.9 Å². The van der Waals surface area contributed by atoms with E-state index in [1.807, 2.05) is 41.0 Å². The van der Waals surface area contributed by atoms with E-state index in [1.54, 1.807) is 0 Å². The van der Waals surface area contributed by atoms with Crippen molar-refractivity contribution in [2.24, 2.45) is 0 Å². The van der Waals surface area contributed by atoms with Crippen molar-refractivity contribution in [3.05, 3.63) is 46.9 Å². The number of anilines is 1. The van der Waals surface area contributed by atoms with Crippen LogP contribution in [-0.2, 0) is 11.3 Å². The molecule has 0 aliphatic carbocycles. The topological polar surface area (TPSA) is 75.4 Å². The van der Waals surface area contributed by atoms with Gasteiger partial charge in [0.1, 0.15) is 17.5 Å². The largest absolute Gasteiger partial charge is 0.345 e. The summed E-state index contributed by atoms with van der Waals surface area (Å²) in [6.07, 6.45) is 1.44. The number of piperazine rings is 1. The first-order valence-corrected chi connectivity index (χ1v) is 8.34. The fraction of sp³-hybridized carbons (Fsp3) is 0.294. The van der Waals surface area contributed by atoms with Crippen LogP contribution in [0.15, 0.2) is 35.1 Å². The number of aromatic nitrogens is 3. The molecule has 8 heteroatoms. The quantitative estimate of drug-likeness (QED) is 0.716. The Hall–Kier alpha value is -2.67. The van der Waals surface area contributed by atoms with Crippen LogP contribution in [0, 0.1) is 6.92 Å². The number of carbonyl (C=O) groups excluding carboxylic acids is 1. The second kappa shape index (κ2) is 6.33. The highest BCUT2D eigenvalue weighted by molar-refractivity contribution is 6.30. The number of rotatable bonds is 3. The summed E-state index contributed by atoms with van der Waals surface area (Å²) in [5.74, 6) is 0.755. The van der Waals surface area contributed by atoms with Crippen LogP contribution in [-0.4, -0.2) is 45.6 Å². The number of hydrogen-bond donors (Lipinski definition) is 0. The monoisotopic (exact) mass is 357 g/mol. The van der Waals surface area contributed by atoms with Crippen molar-refractivity contribution in [3.8, 4) is 0 Å². The maximum absolute atomic E-state index is 12.6. The SMILES string of the molecule is Cc1noc2ncnc(N3CCN(Cc4ccc(Cl)cc4)C(=O)C3)c12. The Morgan fingerprint density at radius 3 is 2.76 bits per heavy atom. The molecular weight excluding hydrogens is 342 g/mol. The van der Waals surface area contributed by atoms with Gasteiger partial charge in [0.2, 0.25) is 5.91 Å². The maximum atomic E-state index is 12.6. The zero-order valence-corrected chi connectivity index (χ0v) is 14.4. The van der Waals surface area contributed by atoms with Crippen LogP contribution in [0.2, 0.25) is 5.02 Å². The number of halogens is 1. The summed E-state index contributed by atoms with van der Waals surface area (Å²) in [5.41, 5.74) is 2.23. The number of aryl methyl sites for hydroxylation is 1. The van der Waals surface area contributed by atoms with Gasteiger partial charge in [-0.2, -0.15) is 4.98 Å². The van der Waals surface area contributed by atoms with Crippen molar-refractivity contribution in [1.29, 1.82) is 0 Å². The first-order chi connectivity index (χ1) is 12.1. The molecule has 3 aromatic rings. The molecule has 4 rings (SSSR count). The molecule has 0 unspecified atom stereocenters. The smallest absolute Gasteiger partial charge is 0.263 e. The number of nitrogens with zero attached hydrogens (tertiary/aromatic N) is 5. The highest BCUT2D eigenvalue weighted by Crippen LogP contribution is 2.27. The van der Waals surface area contributed by atoms with Gasteiger partial charge in [0, 0.05) is 24.7 Å². The molecule has 0 spiro atoms. The Morgan fingerprint density at radius 1 is 1.20 bits per heavy atom. The summed E-state index contributed by atoms with van der Waals surface area (Å²) in [4.78, 5) is 24.8. The fourth-order valence-electron chi connectivity index (χ4n) is 3.01. The van der Waals surface area contributed by atoms with E-state index >= 15 is 0 Å². The lowest BCUT2D eigenvalue weighted by Gasteiger charge is -2.35. The van der Waals surface area contributed by atoms with E-state index in [9.17, 15) is 4.79 Å². The van der Waals surface area contributed by atoms with Crippen molar-refractivity contribution in [2.45, 2.75) is 13.5 Å². The van der Waals surface area contributed by atoms with Crippen LogP contribution in [0.1, 0.15) is 11.3 Å². The summed E-state index contributed by atoms with van der Waals surface area (Å²) in [6.45, 7) is 4.00. The predicted octanol–water partition coefficient (Wildman–Crippen LogP) is 2.43. The van der Waals surface area contributed by atoms with Crippen molar-refractivity contribution < 1.29 is 9.32 Å². The third kappa shape index (κ3) is 3.02. The molecule has 0 radical (unpaired) electrons. The van der Waals surface area contributed by atoms with Gasteiger partial charge in [0.25, 0.3) is 5.71 Å². The summed E-state index contributed by atoms with van der Waals surface area (Å²) in [7, 11) is 0. The third-order valence-electron chi connectivity index (χ3n) is 4.33. The molecule has 1 aliphatic rings. The molecule has 0 N–H and O–H groups in total. The van der Waals surface area contributed by atoms with Crippen LogP contribution < -0.4 is 4.90 Å². The summed E-state index contributed by atoms with van der Waals surface area (Å²) in [6, 6.07) is 7.56. The molecule has 0 bridgehead atoms. The maximum Gasteiger partial charge on any atom is 0.263 e. The molecule has 0 atom stereocenters. The lowest BCUT2D eigenvalue weighted by Crippen LogP contribution is -2.50. The van der Waals surface area contributed by atoms with E-state index in [0.29, 0.717) is 36.2 Å². The lowest BCUT2D eigenvalue weighted by molar-refractivity contribution is -0.131. The fourth-order valence-corrected chi connectivity index (χ4v) is 3.14. The number of carbonyl (C=O) groups is 1. The molecule has 0 saturated carbocycles. The molecule has 1 amide bonds. The van der Waals surface area contributed by atoms with Gasteiger partial charge in [-0.3, -0.25) is 4.79 Å². The molecular formula is C17H16ClN5O2. The van der Waals surface area contributed by atoms with E-state index < -0.39 is 0 Å². The molecule has 2 aromatic heterocycles. The number of amides is 1. The van der Waals surface area contributed by atoms with Crippen LogP contribution in [0.25, 0.3) is 11.1 Å². The summed E-state index contributed by atoms with van der Waals surface area (Å²) in [5, 5.41) is 5.39. The first kappa shape index (κ1) is 15.8. The minimum absolute atomic E-state index is 0.0575. The zero-order valence-electron chi connectivity index (χ0n) is 13.6. The highest BCUT2D eigenvalue weighted by atomic mass is 35.5. The average molecular weight is 358 g/mol. The van der Waals surface area contributed by atoms with Gasteiger partial charge in [0.15, 0.2) is 0 Å². The van der Waals surface area contributed by atoms with Gasteiger partial charge in [-0.05, 0) is 24.6 Å². The summed E-state index contributed by atoms with van der Waals surface area (Å²) >= 11 is 5.91. The van der Waals surface area contributed by atoms with Gasteiger partial charge >= 0.3 is 0 Å². The Labute approximate surface area is 149 Å². The van der Waals surface area contributed by atoms with E-state index in [1.165, 1.54) is 6.33 Å². The molecule has 25 heavy (non-hydrogen) atoms. The number of hydrogen-bond acceptors (Lipinski definition) is 6. The number of fused-ring (bicyclic) bond motifs is 1. The number of benzene rings is 1. The lowest BCUT2D eigenvalue weighted by atomic mass is 10.2. The van der Waals surface area contributed by atoms with Crippen molar-refractivity contribution in [3.63, 3.8) is 0 Å². The van der Waals surface area contributed by atoms with Crippen LogP contribution in [0.5, 0.6) is 0 Å². The van der Waals surface area contributed by atoms with Gasteiger partial charge in [0.05, 0.1) is 12.2 Å². The minimum atomic E-state index is 0.0575. The zero-order chi connectivity index (χ0) is 17.4. The molecule has 7 nitrogen and oxygen atoms in total. The second-order valence-corrected chi connectivity index (χ2v) is 6.45. The van der Waals surface area contributed by atoms with E-state index in [4.69, 9.17) is 16.1 Å². The molecule has 3 heterocycles. The van der Waals surface area contributed by atoms with Crippen molar-refractivity contribution in [2.75, 3.05) is 24.5 Å². The standard InChI is InChI=1S/C17H16ClN5O2/c1-11-15-16(19-10-20-17(15)25-21-11)23-7-6-22(14(24)9-23)8-12-2-4-13(18)5-3-12/h2-5,10H,6-9H2,1H3. The molecule has 128 valence electrons. The molecule has 1 saturated heterocycles. The van der Waals surface area contributed by atoms with Gasteiger partial charge in [-0.15, -0.1) is 0 Å². The van der Waals surface area contributed by atoms with Crippen LogP contribution in [0.3, 0.4) is 0 Å². The van der Waals surface area contributed by atoms with Crippen molar-refractivity contribution >= 4 is 34.4 Å². The Morgan fingerprint density at radius 2 is 2.00 bits per heavy atom. The Bertz CT molecular complexity index is 924. The van der Waals surface area contributed by atoms with Gasteiger partial charge < -0.3 is 14.3 Å². The van der Waals surface area contributed by atoms with Gasteiger partial charge in [-0.25, -0.2) is 4.98 Å². The summed E-state index contributed by atoms with van der Waals surface area (Å²) < 4.78 is 5.18. The predicted molar refractivity (Wildman–Crippen MR) is 93.4 cm³/mol. The van der Waals surface area contributed by atoms with E-state index in [0.717, 1.165) is 16.6 Å². The van der Waals surface area contributed by atoms with Crippen LogP contribution in [0.4, 0.5) is 5.82 Å². The Kier molecular flexibility index (Phi) is 4.01. The highest BCUT2D eigenvalue weighted by Gasteiger charge is 2.27. The van der Waals surface area contributed by atoms with Crippen molar-refractivity contribution in [1.82, 2.24) is 20.0 Å². The molecule has 1 fully saturated rings. The molecule has 1 aromatic carbocycles. The second-order valence-electron chi connectivity index (χ2n) is 6.01. The minimum Gasteiger partial charge on any atom is -0.345 e. The Balaban J connectivity index is 1.52. The van der Waals surface area contributed by atoms with E-state index in [2.05, 4.69) is 15.1 Å².